The highest BCUT2D eigenvalue weighted by atomic mass is 32.2. The van der Waals surface area contributed by atoms with E-state index in [1.807, 2.05) is 36.1 Å². The minimum absolute atomic E-state index is 0.156. The van der Waals surface area contributed by atoms with Crippen molar-refractivity contribution in [3.8, 4) is 0 Å². The lowest BCUT2D eigenvalue weighted by Crippen LogP contribution is -2.53. The Labute approximate surface area is 169 Å². The summed E-state index contributed by atoms with van der Waals surface area (Å²) in [4.78, 5) is 14.1. The number of carbonyl (C=O) groups is 1. The number of hydrogen-bond acceptors (Lipinski definition) is 4. The van der Waals surface area contributed by atoms with Gasteiger partial charge in [0.1, 0.15) is 0 Å². The van der Waals surface area contributed by atoms with Gasteiger partial charge in [-0.25, -0.2) is 17.2 Å². The van der Waals surface area contributed by atoms with E-state index in [2.05, 4.69) is 5.32 Å². The van der Waals surface area contributed by atoms with Gasteiger partial charge in [-0.05, 0) is 49.7 Å². The molecule has 1 N–H and O–H groups in total. The quantitative estimate of drug-likeness (QED) is 0.803. The SMILES string of the molecule is Cc1cccc(NC(=O)C(C)N2CCN(S(=O)(=O)c3ccc(F)c(F)c3)CC2)c1. The molecule has 1 unspecified atom stereocenters. The number of anilines is 1. The zero-order chi connectivity index (χ0) is 21.2. The van der Waals surface area contributed by atoms with Crippen LogP contribution in [0.4, 0.5) is 14.5 Å². The fourth-order valence-electron chi connectivity index (χ4n) is 3.25. The number of rotatable bonds is 5. The molecule has 1 saturated heterocycles. The minimum Gasteiger partial charge on any atom is -0.325 e. The highest BCUT2D eigenvalue weighted by Gasteiger charge is 2.32. The fourth-order valence-corrected chi connectivity index (χ4v) is 4.69. The molecule has 1 aliphatic heterocycles. The molecule has 1 heterocycles. The van der Waals surface area contributed by atoms with Gasteiger partial charge in [-0.1, -0.05) is 12.1 Å². The Morgan fingerprint density at radius 1 is 1.03 bits per heavy atom. The van der Waals surface area contributed by atoms with Gasteiger partial charge in [-0.15, -0.1) is 0 Å². The summed E-state index contributed by atoms with van der Waals surface area (Å²) < 4.78 is 53.1. The molecule has 0 spiro atoms. The third-order valence-corrected chi connectivity index (χ3v) is 6.91. The van der Waals surface area contributed by atoms with E-state index >= 15 is 0 Å². The molecular formula is C20H23F2N3O3S. The molecule has 1 atom stereocenters. The number of benzene rings is 2. The third kappa shape index (κ3) is 4.80. The first-order valence-corrected chi connectivity index (χ1v) is 10.7. The number of amides is 1. The summed E-state index contributed by atoms with van der Waals surface area (Å²) in [5.41, 5.74) is 1.74. The lowest BCUT2D eigenvalue weighted by Gasteiger charge is -2.36. The molecule has 9 heteroatoms. The number of carbonyl (C=O) groups excluding carboxylic acids is 1. The van der Waals surface area contributed by atoms with Gasteiger partial charge in [0.25, 0.3) is 0 Å². The van der Waals surface area contributed by atoms with Gasteiger partial charge in [0.2, 0.25) is 15.9 Å². The Morgan fingerprint density at radius 2 is 1.72 bits per heavy atom. The molecule has 29 heavy (non-hydrogen) atoms. The van der Waals surface area contributed by atoms with E-state index in [0.717, 1.165) is 17.7 Å². The molecule has 2 aromatic carbocycles. The predicted octanol–water partition coefficient (Wildman–Crippen LogP) is 2.61. The number of halogens is 2. The lowest BCUT2D eigenvalue weighted by atomic mass is 10.2. The largest absolute Gasteiger partial charge is 0.325 e. The summed E-state index contributed by atoms with van der Waals surface area (Å²) in [6.07, 6.45) is 0. The first-order valence-electron chi connectivity index (χ1n) is 9.25. The minimum atomic E-state index is -3.92. The molecule has 2 aromatic rings. The second kappa shape index (κ2) is 8.56. The summed E-state index contributed by atoms with van der Waals surface area (Å²) in [5.74, 6) is -2.47. The molecule has 0 aliphatic carbocycles. The molecule has 0 saturated carbocycles. The van der Waals surface area contributed by atoms with Gasteiger partial charge < -0.3 is 5.32 Å². The molecule has 0 aromatic heterocycles. The summed E-state index contributed by atoms with van der Waals surface area (Å²) in [6, 6.07) is 9.58. The second-order valence-electron chi connectivity index (χ2n) is 7.05. The van der Waals surface area contributed by atoms with Crippen molar-refractivity contribution in [3.63, 3.8) is 0 Å². The van der Waals surface area contributed by atoms with E-state index in [9.17, 15) is 22.0 Å². The molecule has 0 bridgehead atoms. The van der Waals surface area contributed by atoms with Crippen LogP contribution < -0.4 is 5.32 Å². The van der Waals surface area contributed by atoms with Crippen LogP contribution in [0.2, 0.25) is 0 Å². The van der Waals surface area contributed by atoms with Crippen LogP contribution in [-0.2, 0) is 14.8 Å². The normalized spacial score (nSPS) is 17.1. The molecule has 6 nitrogen and oxygen atoms in total. The van der Waals surface area contributed by atoms with E-state index in [-0.39, 0.29) is 23.9 Å². The molecule has 0 radical (unpaired) electrons. The van der Waals surface area contributed by atoms with E-state index in [1.54, 1.807) is 6.92 Å². The monoisotopic (exact) mass is 423 g/mol. The van der Waals surface area contributed by atoms with Gasteiger partial charge in [0, 0.05) is 31.9 Å². The van der Waals surface area contributed by atoms with Crippen molar-refractivity contribution < 1.29 is 22.0 Å². The van der Waals surface area contributed by atoms with Crippen LogP contribution >= 0.6 is 0 Å². The molecule has 156 valence electrons. The Balaban J connectivity index is 1.61. The van der Waals surface area contributed by atoms with Crippen LogP contribution in [0.1, 0.15) is 12.5 Å². The maximum absolute atomic E-state index is 13.4. The number of hydrogen-bond donors (Lipinski definition) is 1. The number of piperazine rings is 1. The molecule has 1 fully saturated rings. The standard InChI is InChI=1S/C20H23F2N3O3S/c1-14-4-3-5-16(12-14)23-20(26)15(2)24-8-10-25(11-9-24)29(27,28)17-6-7-18(21)19(22)13-17/h3-7,12-13,15H,8-11H2,1-2H3,(H,23,26). The summed E-state index contributed by atoms with van der Waals surface area (Å²) in [5, 5.41) is 2.87. The Morgan fingerprint density at radius 3 is 2.34 bits per heavy atom. The van der Waals surface area contributed by atoms with Crippen molar-refractivity contribution in [2.45, 2.75) is 24.8 Å². The third-order valence-electron chi connectivity index (χ3n) is 5.01. The van der Waals surface area contributed by atoms with Crippen molar-refractivity contribution in [1.82, 2.24) is 9.21 Å². The fraction of sp³-hybridized carbons (Fsp3) is 0.350. The zero-order valence-corrected chi connectivity index (χ0v) is 17.0. The van der Waals surface area contributed by atoms with Gasteiger partial charge in [0.05, 0.1) is 10.9 Å². The van der Waals surface area contributed by atoms with Crippen molar-refractivity contribution >= 4 is 21.6 Å². The Kier molecular flexibility index (Phi) is 6.30. The highest BCUT2D eigenvalue weighted by Crippen LogP contribution is 2.21. The van der Waals surface area contributed by atoms with E-state index in [0.29, 0.717) is 24.8 Å². The number of aryl methyl sites for hydroxylation is 1. The first kappa shape index (κ1) is 21.4. The summed E-state index contributed by atoms with van der Waals surface area (Å²) >= 11 is 0. The average Bonchev–Trinajstić information content (AvgIpc) is 2.69. The summed E-state index contributed by atoms with van der Waals surface area (Å²) in [7, 11) is -3.92. The molecule has 1 aliphatic rings. The zero-order valence-electron chi connectivity index (χ0n) is 16.2. The van der Waals surface area contributed by atoms with Crippen LogP contribution in [0.5, 0.6) is 0 Å². The molecular weight excluding hydrogens is 400 g/mol. The predicted molar refractivity (Wildman–Crippen MR) is 106 cm³/mol. The number of sulfonamides is 1. The average molecular weight is 423 g/mol. The van der Waals surface area contributed by atoms with E-state index in [4.69, 9.17) is 0 Å². The number of nitrogens with one attached hydrogen (secondary N) is 1. The number of nitrogens with zero attached hydrogens (tertiary/aromatic N) is 2. The smallest absolute Gasteiger partial charge is 0.243 e. The maximum Gasteiger partial charge on any atom is 0.243 e. The Bertz CT molecular complexity index is 1010. The van der Waals surface area contributed by atoms with Crippen molar-refractivity contribution in [3.05, 3.63) is 59.7 Å². The lowest BCUT2D eigenvalue weighted by molar-refractivity contribution is -0.121. The topological polar surface area (TPSA) is 69.7 Å². The van der Waals surface area contributed by atoms with Crippen LogP contribution in [-0.4, -0.2) is 55.8 Å². The second-order valence-corrected chi connectivity index (χ2v) is 8.99. The van der Waals surface area contributed by atoms with Gasteiger partial charge in [0.15, 0.2) is 11.6 Å². The van der Waals surface area contributed by atoms with Gasteiger partial charge in [-0.3, -0.25) is 9.69 Å². The maximum atomic E-state index is 13.4. The van der Waals surface area contributed by atoms with Crippen LogP contribution in [0.25, 0.3) is 0 Å². The van der Waals surface area contributed by atoms with E-state index < -0.39 is 27.7 Å². The van der Waals surface area contributed by atoms with Gasteiger partial charge >= 0.3 is 0 Å². The molecule has 3 rings (SSSR count). The molecule has 1 amide bonds. The first-order chi connectivity index (χ1) is 13.7. The van der Waals surface area contributed by atoms with Crippen LogP contribution in [0, 0.1) is 18.6 Å². The van der Waals surface area contributed by atoms with Crippen molar-refractivity contribution in [1.29, 1.82) is 0 Å². The van der Waals surface area contributed by atoms with Crippen LogP contribution in [0.15, 0.2) is 47.4 Å². The van der Waals surface area contributed by atoms with Crippen LogP contribution in [0.3, 0.4) is 0 Å². The highest BCUT2D eigenvalue weighted by molar-refractivity contribution is 7.89. The van der Waals surface area contributed by atoms with Crippen molar-refractivity contribution in [2.24, 2.45) is 0 Å². The van der Waals surface area contributed by atoms with Crippen molar-refractivity contribution in [2.75, 3.05) is 31.5 Å². The Hall–Kier alpha value is -2.36. The van der Waals surface area contributed by atoms with E-state index in [1.165, 1.54) is 4.31 Å². The van der Waals surface area contributed by atoms with Gasteiger partial charge in [-0.2, -0.15) is 4.31 Å². The summed E-state index contributed by atoms with van der Waals surface area (Å²) in [6.45, 7) is 4.72.